The molecule has 1 aliphatic rings. The molecule has 0 aromatic heterocycles. The number of Topliss-reactive ketones (excluding diaryl/α,β-unsaturated/α-hetero) is 1. The lowest BCUT2D eigenvalue weighted by Crippen LogP contribution is -2.08. The van der Waals surface area contributed by atoms with E-state index < -0.39 is 5.97 Å². The van der Waals surface area contributed by atoms with Gasteiger partial charge in [-0.2, -0.15) is 0 Å². The molecule has 6 heteroatoms. The van der Waals surface area contributed by atoms with Crippen LogP contribution in [0, 0.1) is 0 Å². The Bertz CT molecular complexity index is 1120. The fourth-order valence-electron chi connectivity index (χ4n) is 2.72. The minimum Gasteiger partial charge on any atom is -0.452 e. The van der Waals surface area contributed by atoms with Gasteiger partial charge >= 0.3 is 5.97 Å². The predicted octanol–water partition coefficient (Wildman–Crippen LogP) is 6.05. The van der Waals surface area contributed by atoms with Crippen LogP contribution in [0.15, 0.2) is 81.4 Å². The fraction of sp³-hybridized carbons (Fsp3) is 0. The molecule has 0 bridgehead atoms. The summed E-state index contributed by atoms with van der Waals surface area (Å²) in [5.41, 5.74) is 1.69. The molecule has 0 N–H and O–H groups in total. The number of esters is 1. The van der Waals surface area contributed by atoms with Gasteiger partial charge < -0.3 is 9.47 Å². The maximum atomic E-state index is 12.6. The molecular weight excluding hydrogens is 488 g/mol. The van der Waals surface area contributed by atoms with Crippen molar-refractivity contribution in [3.8, 4) is 11.5 Å². The van der Waals surface area contributed by atoms with Crippen molar-refractivity contribution in [1.82, 2.24) is 0 Å². The quantitative estimate of drug-likeness (QED) is 0.250. The van der Waals surface area contributed by atoms with Gasteiger partial charge in [0, 0.05) is 15.0 Å². The molecule has 4 nitrogen and oxygen atoms in total. The summed E-state index contributed by atoms with van der Waals surface area (Å²) in [7, 11) is 0. The second kappa shape index (κ2) is 7.73. The zero-order valence-corrected chi connectivity index (χ0v) is 17.5. The summed E-state index contributed by atoms with van der Waals surface area (Å²) >= 11 is 6.78. The molecule has 0 amide bonds. The number of ketones is 1. The number of carbonyl (C=O) groups excluding carboxylic acids is 2. The molecule has 3 aromatic rings. The van der Waals surface area contributed by atoms with Crippen molar-refractivity contribution in [3.05, 3.63) is 98.1 Å². The highest BCUT2D eigenvalue weighted by molar-refractivity contribution is 9.10. The van der Waals surface area contributed by atoms with Crippen LogP contribution in [0.1, 0.15) is 26.3 Å². The second-order valence-corrected chi connectivity index (χ2v) is 7.79. The summed E-state index contributed by atoms with van der Waals surface area (Å²) in [4.78, 5) is 24.8. The highest BCUT2D eigenvalue weighted by Crippen LogP contribution is 2.35. The van der Waals surface area contributed by atoms with Gasteiger partial charge in [0.05, 0.1) is 11.1 Å². The summed E-state index contributed by atoms with van der Waals surface area (Å²) in [5.74, 6) is 0.196. The molecule has 0 saturated heterocycles. The molecule has 0 unspecified atom stereocenters. The van der Waals surface area contributed by atoms with Crippen LogP contribution < -0.4 is 9.47 Å². The highest BCUT2D eigenvalue weighted by Gasteiger charge is 2.28. The summed E-state index contributed by atoms with van der Waals surface area (Å²) < 4.78 is 12.8. The van der Waals surface area contributed by atoms with Crippen LogP contribution in [-0.4, -0.2) is 11.8 Å². The molecule has 138 valence electrons. The molecule has 0 fully saturated rings. The molecule has 4 rings (SSSR count). The molecule has 1 aliphatic heterocycles. The number of hydrogen-bond donors (Lipinski definition) is 0. The van der Waals surface area contributed by atoms with Crippen LogP contribution in [0.5, 0.6) is 11.5 Å². The normalized spacial score (nSPS) is 13.9. The number of fused-ring (bicyclic) bond motifs is 1. The van der Waals surface area contributed by atoms with Gasteiger partial charge in [-0.1, -0.05) is 50.1 Å². The Morgan fingerprint density at radius 1 is 0.964 bits per heavy atom. The fourth-order valence-corrected chi connectivity index (χ4v) is 3.38. The number of rotatable bonds is 3. The third-order valence-electron chi connectivity index (χ3n) is 4.12. The molecule has 0 atom stereocenters. The first kappa shape index (κ1) is 18.7. The van der Waals surface area contributed by atoms with Crippen LogP contribution in [-0.2, 0) is 0 Å². The van der Waals surface area contributed by atoms with Gasteiger partial charge in [-0.3, -0.25) is 4.79 Å². The Hall–Kier alpha value is -2.70. The van der Waals surface area contributed by atoms with Crippen LogP contribution in [0.25, 0.3) is 6.08 Å². The minimum absolute atomic E-state index is 0.212. The van der Waals surface area contributed by atoms with Crippen LogP contribution in [0.4, 0.5) is 0 Å². The summed E-state index contributed by atoms with van der Waals surface area (Å²) in [6.07, 6.45) is 1.68. The van der Waals surface area contributed by atoms with E-state index >= 15 is 0 Å². The van der Waals surface area contributed by atoms with E-state index in [1.54, 1.807) is 48.5 Å². The standard InChI is InChI=1S/C22H12Br2O4/c23-15-7-5-13(6-8-15)22(26)27-16-9-10-17-19(12-16)28-20(21(17)25)11-14-3-1-2-4-18(14)24/h1-12H/b20-11-. The van der Waals surface area contributed by atoms with E-state index in [0.29, 0.717) is 22.6 Å². The first-order valence-electron chi connectivity index (χ1n) is 8.32. The topological polar surface area (TPSA) is 52.6 Å². The van der Waals surface area contributed by atoms with Crippen LogP contribution in [0.3, 0.4) is 0 Å². The van der Waals surface area contributed by atoms with Gasteiger partial charge in [0.25, 0.3) is 0 Å². The third-order valence-corrected chi connectivity index (χ3v) is 5.37. The van der Waals surface area contributed by atoms with Crippen molar-refractivity contribution < 1.29 is 19.1 Å². The van der Waals surface area contributed by atoms with E-state index in [2.05, 4.69) is 31.9 Å². The highest BCUT2D eigenvalue weighted by atomic mass is 79.9. The SMILES string of the molecule is O=C(Oc1ccc2c(c1)O/C(=C\c1ccccc1Br)C2=O)c1ccc(Br)cc1. The lowest BCUT2D eigenvalue weighted by molar-refractivity contribution is 0.0734. The van der Waals surface area contributed by atoms with Crippen molar-refractivity contribution >= 4 is 49.7 Å². The lowest BCUT2D eigenvalue weighted by Gasteiger charge is -2.06. The van der Waals surface area contributed by atoms with Crippen molar-refractivity contribution in [2.24, 2.45) is 0 Å². The Labute approximate surface area is 178 Å². The van der Waals surface area contributed by atoms with E-state index in [0.717, 1.165) is 14.5 Å². The molecule has 0 radical (unpaired) electrons. The predicted molar refractivity (Wildman–Crippen MR) is 113 cm³/mol. The van der Waals surface area contributed by atoms with Gasteiger partial charge in [0.1, 0.15) is 11.5 Å². The maximum Gasteiger partial charge on any atom is 0.343 e. The van der Waals surface area contributed by atoms with E-state index in [4.69, 9.17) is 9.47 Å². The Balaban J connectivity index is 1.56. The zero-order chi connectivity index (χ0) is 19.7. The van der Waals surface area contributed by atoms with Crippen molar-refractivity contribution in [2.75, 3.05) is 0 Å². The van der Waals surface area contributed by atoms with E-state index in [1.165, 1.54) is 0 Å². The Kier molecular flexibility index (Phi) is 5.15. The Morgan fingerprint density at radius 2 is 1.71 bits per heavy atom. The first-order valence-corrected chi connectivity index (χ1v) is 9.90. The van der Waals surface area contributed by atoms with Crippen LogP contribution in [0.2, 0.25) is 0 Å². The van der Waals surface area contributed by atoms with E-state index in [9.17, 15) is 9.59 Å². The number of benzene rings is 3. The van der Waals surface area contributed by atoms with Gasteiger partial charge in [0.2, 0.25) is 5.78 Å². The van der Waals surface area contributed by atoms with Gasteiger partial charge in [-0.05, 0) is 54.1 Å². The molecule has 0 saturated carbocycles. The van der Waals surface area contributed by atoms with Gasteiger partial charge in [-0.25, -0.2) is 4.79 Å². The molecule has 0 aliphatic carbocycles. The number of halogens is 2. The molecule has 3 aromatic carbocycles. The maximum absolute atomic E-state index is 12.6. The summed E-state index contributed by atoms with van der Waals surface area (Å²) in [5, 5.41) is 0. The molecule has 0 spiro atoms. The third kappa shape index (κ3) is 3.79. The van der Waals surface area contributed by atoms with Crippen LogP contribution >= 0.6 is 31.9 Å². The van der Waals surface area contributed by atoms with Crippen molar-refractivity contribution in [2.45, 2.75) is 0 Å². The monoisotopic (exact) mass is 498 g/mol. The lowest BCUT2D eigenvalue weighted by atomic mass is 10.1. The Morgan fingerprint density at radius 3 is 2.46 bits per heavy atom. The molecule has 28 heavy (non-hydrogen) atoms. The van der Waals surface area contributed by atoms with Crippen molar-refractivity contribution in [3.63, 3.8) is 0 Å². The minimum atomic E-state index is -0.485. The van der Waals surface area contributed by atoms with Gasteiger partial charge in [-0.15, -0.1) is 0 Å². The average Bonchev–Trinajstić information content (AvgIpc) is 2.99. The van der Waals surface area contributed by atoms with E-state index in [-0.39, 0.29) is 11.5 Å². The first-order chi connectivity index (χ1) is 13.5. The molecular formula is C22H12Br2O4. The largest absolute Gasteiger partial charge is 0.452 e. The zero-order valence-electron chi connectivity index (χ0n) is 14.3. The number of ether oxygens (including phenoxy) is 2. The average molecular weight is 500 g/mol. The number of carbonyl (C=O) groups is 2. The summed E-state index contributed by atoms with van der Waals surface area (Å²) in [6, 6.07) is 19.1. The number of allylic oxidation sites excluding steroid dienone is 1. The van der Waals surface area contributed by atoms with Crippen molar-refractivity contribution in [1.29, 1.82) is 0 Å². The second-order valence-electron chi connectivity index (χ2n) is 6.02. The number of hydrogen-bond acceptors (Lipinski definition) is 4. The van der Waals surface area contributed by atoms with Gasteiger partial charge in [0.15, 0.2) is 5.76 Å². The summed E-state index contributed by atoms with van der Waals surface area (Å²) in [6.45, 7) is 0. The molecule has 1 heterocycles. The smallest absolute Gasteiger partial charge is 0.343 e. The van der Waals surface area contributed by atoms with E-state index in [1.807, 2.05) is 24.3 Å².